The number of hydrogen-bond donors (Lipinski definition) is 1. The van der Waals surface area contributed by atoms with Crippen LogP contribution in [0.1, 0.15) is 23.1 Å². The van der Waals surface area contributed by atoms with Crippen molar-refractivity contribution < 1.29 is 0 Å². The Labute approximate surface area is 77.8 Å². The van der Waals surface area contributed by atoms with Gasteiger partial charge in [-0.1, -0.05) is 12.1 Å². The topological polar surface area (TPSA) is 15.8 Å². The summed E-state index contributed by atoms with van der Waals surface area (Å²) < 4.78 is 0. The molecule has 13 heavy (non-hydrogen) atoms. The second kappa shape index (κ2) is 2.38. The van der Waals surface area contributed by atoms with Gasteiger partial charge in [0, 0.05) is 17.1 Å². The molecule has 0 saturated heterocycles. The summed E-state index contributed by atoms with van der Waals surface area (Å²) in [6.07, 6.45) is 5.96. The van der Waals surface area contributed by atoms with Gasteiger partial charge in [-0.2, -0.15) is 0 Å². The van der Waals surface area contributed by atoms with E-state index in [-0.39, 0.29) is 0 Å². The Hall–Kier alpha value is -1.24. The van der Waals surface area contributed by atoms with E-state index in [1.54, 1.807) is 11.1 Å². The van der Waals surface area contributed by atoms with Crippen LogP contribution in [0.2, 0.25) is 0 Å². The summed E-state index contributed by atoms with van der Waals surface area (Å²) in [5.41, 5.74) is 5.86. The maximum atomic E-state index is 3.39. The average Bonchev–Trinajstić information content (AvgIpc) is 2.70. The number of fused-ring (bicyclic) bond motifs is 3. The number of aryl methyl sites for hydroxylation is 3. The molecule has 1 aromatic heterocycles. The first-order chi connectivity index (χ1) is 6.36. The fourth-order valence-electron chi connectivity index (χ4n) is 2.42. The van der Waals surface area contributed by atoms with Crippen LogP contribution in [0.3, 0.4) is 0 Å². The maximum Gasteiger partial charge on any atom is 0.0492 e. The van der Waals surface area contributed by atoms with E-state index in [9.17, 15) is 0 Å². The van der Waals surface area contributed by atoms with Gasteiger partial charge in [0.1, 0.15) is 0 Å². The Morgan fingerprint density at radius 2 is 2.15 bits per heavy atom. The lowest BCUT2D eigenvalue weighted by molar-refractivity contribution is 0.913. The Bertz CT molecular complexity index is 465. The Morgan fingerprint density at radius 1 is 1.23 bits per heavy atom. The molecule has 66 valence electrons. The van der Waals surface area contributed by atoms with Crippen LogP contribution in [0.4, 0.5) is 0 Å². The van der Waals surface area contributed by atoms with Crippen LogP contribution in [0, 0.1) is 6.92 Å². The predicted octanol–water partition coefficient (Wildman–Crippen LogP) is 2.97. The highest BCUT2D eigenvalue weighted by atomic mass is 14.7. The van der Waals surface area contributed by atoms with Gasteiger partial charge in [-0.3, -0.25) is 0 Å². The molecule has 1 aromatic carbocycles. The van der Waals surface area contributed by atoms with E-state index in [1.807, 2.05) is 0 Å². The van der Waals surface area contributed by atoms with Gasteiger partial charge in [0.05, 0.1) is 0 Å². The second-order valence-corrected chi connectivity index (χ2v) is 3.95. The molecular weight excluding hydrogens is 158 g/mol. The lowest BCUT2D eigenvalue weighted by atomic mass is 10.1. The van der Waals surface area contributed by atoms with Crippen molar-refractivity contribution >= 4 is 10.9 Å². The zero-order valence-corrected chi connectivity index (χ0v) is 7.85. The average molecular weight is 171 g/mol. The molecule has 1 heterocycles. The molecule has 1 nitrogen and oxygen atoms in total. The minimum Gasteiger partial charge on any atom is -0.361 e. The summed E-state index contributed by atoms with van der Waals surface area (Å²) in [6, 6.07) is 4.55. The molecule has 0 atom stereocenters. The molecule has 1 N–H and O–H groups in total. The van der Waals surface area contributed by atoms with E-state index in [4.69, 9.17) is 0 Å². The maximum absolute atomic E-state index is 3.39. The van der Waals surface area contributed by atoms with E-state index in [0.717, 1.165) is 0 Å². The van der Waals surface area contributed by atoms with E-state index < -0.39 is 0 Å². The first-order valence-corrected chi connectivity index (χ1v) is 4.95. The van der Waals surface area contributed by atoms with Crippen LogP contribution in [0.5, 0.6) is 0 Å². The first kappa shape index (κ1) is 7.19. The van der Waals surface area contributed by atoms with E-state index in [2.05, 4.69) is 30.2 Å². The first-order valence-electron chi connectivity index (χ1n) is 4.95. The summed E-state index contributed by atoms with van der Waals surface area (Å²) in [7, 11) is 0. The summed E-state index contributed by atoms with van der Waals surface area (Å²) >= 11 is 0. The SMILES string of the molecule is Cc1c[nH]c2c3c(ccc12)CCC3. The number of benzene rings is 1. The minimum absolute atomic E-state index is 1.26. The number of nitrogens with one attached hydrogen (secondary N) is 1. The van der Waals surface area contributed by atoms with Crippen LogP contribution in [-0.2, 0) is 12.8 Å². The lowest BCUT2D eigenvalue weighted by Gasteiger charge is -2.00. The molecule has 0 spiro atoms. The van der Waals surface area contributed by atoms with Crippen molar-refractivity contribution in [2.75, 3.05) is 0 Å². The Kier molecular flexibility index (Phi) is 1.32. The smallest absolute Gasteiger partial charge is 0.0492 e. The minimum atomic E-state index is 1.26. The molecule has 0 bridgehead atoms. The summed E-state index contributed by atoms with van der Waals surface area (Å²) in [5.74, 6) is 0. The molecule has 0 fully saturated rings. The highest BCUT2D eigenvalue weighted by molar-refractivity contribution is 5.87. The fraction of sp³-hybridized carbons (Fsp3) is 0.333. The van der Waals surface area contributed by atoms with Crippen LogP contribution < -0.4 is 0 Å². The van der Waals surface area contributed by atoms with Crippen molar-refractivity contribution in [3.05, 3.63) is 35.0 Å². The van der Waals surface area contributed by atoms with Crippen molar-refractivity contribution in [3.63, 3.8) is 0 Å². The molecular formula is C12H13N. The van der Waals surface area contributed by atoms with Gasteiger partial charge >= 0.3 is 0 Å². The standard InChI is InChI=1S/C12H13N/c1-8-7-13-12-10(8)6-5-9-3-2-4-11(9)12/h5-7,13H,2-4H2,1H3. The van der Waals surface area contributed by atoms with E-state index >= 15 is 0 Å². The Morgan fingerprint density at radius 3 is 3.08 bits per heavy atom. The highest BCUT2D eigenvalue weighted by Gasteiger charge is 2.14. The number of rotatable bonds is 0. The molecule has 1 aliphatic rings. The summed E-state index contributed by atoms with van der Waals surface area (Å²) in [6.45, 7) is 2.17. The van der Waals surface area contributed by atoms with Gasteiger partial charge in [-0.05, 0) is 42.9 Å². The van der Waals surface area contributed by atoms with Crippen molar-refractivity contribution in [2.45, 2.75) is 26.2 Å². The zero-order chi connectivity index (χ0) is 8.84. The zero-order valence-electron chi connectivity index (χ0n) is 7.85. The van der Waals surface area contributed by atoms with Crippen LogP contribution >= 0.6 is 0 Å². The van der Waals surface area contributed by atoms with E-state index in [1.165, 1.54) is 35.7 Å². The number of H-pyrrole nitrogens is 1. The third kappa shape index (κ3) is 0.873. The third-order valence-electron chi connectivity index (χ3n) is 3.14. The van der Waals surface area contributed by atoms with Crippen molar-refractivity contribution in [1.29, 1.82) is 0 Å². The predicted molar refractivity (Wildman–Crippen MR) is 55.1 cm³/mol. The lowest BCUT2D eigenvalue weighted by Crippen LogP contribution is -1.83. The van der Waals surface area contributed by atoms with Crippen LogP contribution in [0.15, 0.2) is 18.3 Å². The van der Waals surface area contributed by atoms with Gasteiger partial charge in [0.25, 0.3) is 0 Å². The van der Waals surface area contributed by atoms with Gasteiger partial charge in [-0.15, -0.1) is 0 Å². The van der Waals surface area contributed by atoms with Gasteiger partial charge in [-0.25, -0.2) is 0 Å². The van der Waals surface area contributed by atoms with Crippen LogP contribution in [0.25, 0.3) is 10.9 Å². The van der Waals surface area contributed by atoms with Gasteiger partial charge in [0.15, 0.2) is 0 Å². The molecule has 0 radical (unpaired) electrons. The third-order valence-corrected chi connectivity index (χ3v) is 3.14. The fourth-order valence-corrected chi connectivity index (χ4v) is 2.42. The van der Waals surface area contributed by atoms with Crippen molar-refractivity contribution in [2.24, 2.45) is 0 Å². The quantitative estimate of drug-likeness (QED) is 0.627. The van der Waals surface area contributed by atoms with Crippen molar-refractivity contribution in [1.82, 2.24) is 4.98 Å². The number of aromatic amines is 1. The monoisotopic (exact) mass is 171 g/mol. The molecule has 2 aromatic rings. The number of hydrogen-bond acceptors (Lipinski definition) is 0. The van der Waals surface area contributed by atoms with Gasteiger partial charge in [0.2, 0.25) is 0 Å². The summed E-state index contributed by atoms with van der Waals surface area (Å²) in [4.78, 5) is 3.39. The highest BCUT2D eigenvalue weighted by Crippen LogP contribution is 2.30. The second-order valence-electron chi connectivity index (χ2n) is 3.95. The van der Waals surface area contributed by atoms with Gasteiger partial charge < -0.3 is 4.98 Å². The largest absolute Gasteiger partial charge is 0.361 e. The molecule has 0 unspecified atom stereocenters. The van der Waals surface area contributed by atoms with Crippen molar-refractivity contribution in [3.8, 4) is 0 Å². The molecule has 1 aliphatic carbocycles. The molecule has 3 rings (SSSR count). The molecule has 1 heteroatoms. The molecule has 0 aliphatic heterocycles. The van der Waals surface area contributed by atoms with E-state index in [0.29, 0.717) is 0 Å². The van der Waals surface area contributed by atoms with Crippen LogP contribution in [-0.4, -0.2) is 4.98 Å². The molecule has 0 saturated carbocycles. The summed E-state index contributed by atoms with van der Waals surface area (Å²) in [5, 5.41) is 1.40. The molecule has 0 amide bonds. The number of aromatic nitrogens is 1. The normalized spacial score (nSPS) is 15.2. The Balaban J connectivity index is 2.44.